The zero-order valence-electron chi connectivity index (χ0n) is 10.4. The molecule has 1 fully saturated rings. The molecule has 1 unspecified atom stereocenters. The van der Waals surface area contributed by atoms with Crippen LogP contribution in [0.2, 0.25) is 5.02 Å². The number of hydrogen-bond donors (Lipinski definition) is 0. The molecular formula is C16H21Cl. The van der Waals surface area contributed by atoms with Gasteiger partial charge < -0.3 is 0 Å². The molecular weight excluding hydrogens is 228 g/mol. The highest BCUT2D eigenvalue weighted by atomic mass is 35.5. The summed E-state index contributed by atoms with van der Waals surface area (Å²) in [6.07, 6.45) is 11.3. The molecule has 0 amide bonds. The van der Waals surface area contributed by atoms with Crippen molar-refractivity contribution in [3.05, 3.63) is 34.3 Å². The first-order valence-electron chi connectivity index (χ1n) is 7.09. The lowest BCUT2D eigenvalue weighted by atomic mass is 9.82. The molecule has 1 heteroatoms. The minimum atomic E-state index is 0.869. The van der Waals surface area contributed by atoms with E-state index in [9.17, 15) is 0 Å². The third-order valence-corrected chi connectivity index (χ3v) is 4.96. The van der Waals surface area contributed by atoms with Gasteiger partial charge in [0.2, 0.25) is 0 Å². The molecule has 0 N–H and O–H groups in total. The molecule has 0 radical (unpaired) electrons. The second-order valence-electron chi connectivity index (χ2n) is 5.89. The predicted octanol–water partition coefficient (Wildman–Crippen LogP) is 5.03. The molecule has 0 saturated heterocycles. The van der Waals surface area contributed by atoms with Crippen molar-refractivity contribution in [2.24, 2.45) is 11.8 Å². The highest BCUT2D eigenvalue weighted by Gasteiger charge is 2.26. The maximum absolute atomic E-state index is 6.28. The molecule has 2 aliphatic rings. The molecule has 0 heterocycles. The molecule has 1 aromatic rings. The molecule has 0 aliphatic heterocycles. The minimum Gasteiger partial charge on any atom is -0.0840 e. The maximum Gasteiger partial charge on any atom is 0.0440 e. The van der Waals surface area contributed by atoms with Gasteiger partial charge in [-0.15, -0.1) is 0 Å². The van der Waals surface area contributed by atoms with Crippen LogP contribution in [0.3, 0.4) is 0 Å². The fourth-order valence-corrected chi connectivity index (χ4v) is 4.03. The van der Waals surface area contributed by atoms with Gasteiger partial charge in [0.1, 0.15) is 0 Å². The van der Waals surface area contributed by atoms with Crippen molar-refractivity contribution in [1.29, 1.82) is 0 Å². The van der Waals surface area contributed by atoms with Gasteiger partial charge >= 0.3 is 0 Å². The molecule has 1 atom stereocenters. The molecule has 0 nitrogen and oxygen atoms in total. The second-order valence-corrected chi connectivity index (χ2v) is 6.30. The van der Waals surface area contributed by atoms with Crippen molar-refractivity contribution in [2.45, 2.75) is 51.4 Å². The summed E-state index contributed by atoms with van der Waals surface area (Å²) in [6.45, 7) is 0. The Morgan fingerprint density at radius 3 is 2.59 bits per heavy atom. The van der Waals surface area contributed by atoms with E-state index in [0.29, 0.717) is 0 Å². The lowest BCUT2D eigenvalue weighted by Crippen LogP contribution is -2.12. The number of fused-ring (bicyclic) bond motifs is 1. The SMILES string of the molecule is Clc1cccc2c1CC(CC1CCCCC1)C2. The van der Waals surface area contributed by atoms with E-state index < -0.39 is 0 Å². The van der Waals surface area contributed by atoms with Gasteiger partial charge in [-0.3, -0.25) is 0 Å². The Hall–Kier alpha value is -0.490. The largest absolute Gasteiger partial charge is 0.0840 e. The van der Waals surface area contributed by atoms with E-state index in [1.54, 1.807) is 0 Å². The number of halogens is 1. The maximum atomic E-state index is 6.28. The van der Waals surface area contributed by atoms with Crippen LogP contribution in [-0.4, -0.2) is 0 Å². The molecule has 1 aromatic carbocycles. The van der Waals surface area contributed by atoms with Gasteiger partial charge in [-0.2, -0.15) is 0 Å². The topological polar surface area (TPSA) is 0 Å². The normalized spacial score (nSPS) is 24.9. The van der Waals surface area contributed by atoms with Crippen molar-refractivity contribution in [2.75, 3.05) is 0 Å². The first-order valence-corrected chi connectivity index (χ1v) is 7.47. The smallest absolute Gasteiger partial charge is 0.0440 e. The van der Waals surface area contributed by atoms with E-state index in [-0.39, 0.29) is 0 Å². The van der Waals surface area contributed by atoms with Crippen LogP contribution in [0.4, 0.5) is 0 Å². The lowest BCUT2D eigenvalue weighted by molar-refractivity contribution is 0.291. The lowest BCUT2D eigenvalue weighted by Gasteiger charge is -2.24. The molecule has 3 rings (SSSR count). The number of hydrogen-bond acceptors (Lipinski definition) is 0. The van der Waals surface area contributed by atoms with Crippen LogP contribution >= 0.6 is 11.6 Å². The Morgan fingerprint density at radius 1 is 1.00 bits per heavy atom. The Balaban J connectivity index is 1.63. The first-order chi connectivity index (χ1) is 8.33. The number of rotatable bonds is 2. The highest BCUT2D eigenvalue weighted by Crippen LogP contribution is 2.37. The van der Waals surface area contributed by atoms with Gasteiger partial charge in [-0.1, -0.05) is 55.8 Å². The summed E-state index contributed by atoms with van der Waals surface area (Å²) < 4.78 is 0. The van der Waals surface area contributed by atoms with Crippen molar-refractivity contribution in [1.82, 2.24) is 0 Å². The summed E-state index contributed by atoms with van der Waals surface area (Å²) in [5.41, 5.74) is 2.95. The standard InChI is InChI=1S/C16H21Cl/c17-16-8-4-7-14-10-13(11-15(14)16)9-12-5-2-1-3-6-12/h4,7-8,12-13H,1-3,5-6,9-11H2. The molecule has 0 spiro atoms. The van der Waals surface area contributed by atoms with Gasteiger partial charge in [0.15, 0.2) is 0 Å². The molecule has 2 aliphatic carbocycles. The summed E-state index contributed by atoms with van der Waals surface area (Å²) in [6, 6.07) is 6.41. The highest BCUT2D eigenvalue weighted by molar-refractivity contribution is 6.31. The third-order valence-electron chi connectivity index (χ3n) is 4.61. The van der Waals surface area contributed by atoms with Crippen LogP contribution in [0.15, 0.2) is 18.2 Å². The molecule has 0 aromatic heterocycles. The fourth-order valence-electron chi connectivity index (χ4n) is 3.76. The fraction of sp³-hybridized carbons (Fsp3) is 0.625. The van der Waals surface area contributed by atoms with E-state index >= 15 is 0 Å². The van der Waals surface area contributed by atoms with Crippen LogP contribution in [0.5, 0.6) is 0 Å². The molecule has 0 bridgehead atoms. The summed E-state index contributed by atoms with van der Waals surface area (Å²) in [4.78, 5) is 0. The summed E-state index contributed by atoms with van der Waals surface area (Å²) in [5.74, 6) is 1.87. The quantitative estimate of drug-likeness (QED) is 0.689. The zero-order chi connectivity index (χ0) is 11.7. The number of benzene rings is 1. The summed E-state index contributed by atoms with van der Waals surface area (Å²) >= 11 is 6.28. The Bertz CT molecular complexity index is 391. The second kappa shape index (κ2) is 5.02. The minimum absolute atomic E-state index is 0.869. The summed E-state index contributed by atoms with van der Waals surface area (Å²) in [7, 11) is 0. The predicted molar refractivity (Wildman–Crippen MR) is 73.5 cm³/mol. The average Bonchev–Trinajstić information content (AvgIpc) is 2.74. The van der Waals surface area contributed by atoms with Gasteiger partial charge in [0.05, 0.1) is 0 Å². The van der Waals surface area contributed by atoms with Crippen molar-refractivity contribution >= 4 is 11.6 Å². The monoisotopic (exact) mass is 248 g/mol. The van der Waals surface area contributed by atoms with Crippen molar-refractivity contribution < 1.29 is 0 Å². The third kappa shape index (κ3) is 2.52. The molecule has 17 heavy (non-hydrogen) atoms. The molecule has 92 valence electrons. The van der Waals surface area contributed by atoms with Gasteiger partial charge in [0.25, 0.3) is 0 Å². The average molecular weight is 249 g/mol. The van der Waals surface area contributed by atoms with Crippen LogP contribution in [0.1, 0.15) is 49.7 Å². The van der Waals surface area contributed by atoms with Gasteiger partial charge in [0, 0.05) is 5.02 Å². The van der Waals surface area contributed by atoms with Crippen LogP contribution in [0, 0.1) is 11.8 Å². The first kappa shape index (κ1) is 11.6. The summed E-state index contributed by atoms with van der Waals surface area (Å²) in [5, 5.41) is 0.994. The van der Waals surface area contributed by atoms with Crippen LogP contribution < -0.4 is 0 Å². The van der Waals surface area contributed by atoms with E-state index in [1.165, 1.54) is 62.5 Å². The Morgan fingerprint density at radius 2 is 1.82 bits per heavy atom. The van der Waals surface area contributed by atoms with Gasteiger partial charge in [-0.25, -0.2) is 0 Å². The Kier molecular flexibility index (Phi) is 3.42. The van der Waals surface area contributed by atoms with Crippen molar-refractivity contribution in [3.63, 3.8) is 0 Å². The van der Waals surface area contributed by atoms with E-state index in [1.807, 2.05) is 6.07 Å². The van der Waals surface area contributed by atoms with E-state index in [4.69, 9.17) is 11.6 Å². The van der Waals surface area contributed by atoms with Crippen LogP contribution in [0.25, 0.3) is 0 Å². The Labute approximate surface area is 109 Å². The van der Waals surface area contributed by atoms with Crippen LogP contribution in [-0.2, 0) is 12.8 Å². The zero-order valence-corrected chi connectivity index (χ0v) is 11.2. The van der Waals surface area contributed by atoms with E-state index in [2.05, 4.69) is 12.1 Å². The molecule has 1 saturated carbocycles. The van der Waals surface area contributed by atoms with Crippen molar-refractivity contribution in [3.8, 4) is 0 Å². The van der Waals surface area contributed by atoms with Gasteiger partial charge in [-0.05, 0) is 48.3 Å². The van der Waals surface area contributed by atoms with E-state index in [0.717, 1.165) is 16.9 Å².